The third-order valence-corrected chi connectivity index (χ3v) is 4.24. The van der Waals surface area contributed by atoms with Gasteiger partial charge in [-0.05, 0) is 25.8 Å². The molecule has 1 atom stereocenters. The van der Waals surface area contributed by atoms with Crippen LogP contribution in [0.1, 0.15) is 19.3 Å². The second-order valence-electron chi connectivity index (χ2n) is 5.69. The van der Waals surface area contributed by atoms with Gasteiger partial charge in [-0.3, -0.25) is 9.80 Å². The molecule has 1 saturated carbocycles. The molecule has 1 aliphatic carbocycles. The van der Waals surface area contributed by atoms with Crippen LogP contribution < -0.4 is 5.73 Å². The number of nitrogens with two attached hydrogens (primary N) is 1. The lowest BCUT2D eigenvalue weighted by Gasteiger charge is -2.32. The molecule has 0 aromatic carbocycles. The Morgan fingerprint density at radius 1 is 1.19 bits per heavy atom. The fourth-order valence-electron chi connectivity index (χ4n) is 2.96. The first-order valence-electron chi connectivity index (χ1n) is 6.58. The van der Waals surface area contributed by atoms with E-state index in [1.54, 1.807) is 0 Å². The zero-order valence-electron chi connectivity index (χ0n) is 10.0. The normalized spacial score (nSPS) is 35.4. The van der Waals surface area contributed by atoms with E-state index < -0.39 is 0 Å². The zero-order valence-corrected chi connectivity index (χ0v) is 10.0. The van der Waals surface area contributed by atoms with Crippen molar-refractivity contribution in [2.24, 2.45) is 5.73 Å². The number of rotatable bonds is 3. The van der Waals surface area contributed by atoms with Crippen LogP contribution in [0, 0.1) is 0 Å². The molecule has 0 aromatic rings. The summed E-state index contributed by atoms with van der Waals surface area (Å²) >= 11 is 0. The van der Waals surface area contributed by atoms with Gasteiger partial charge in [0, 0.05) is 37.8 Å². The molecule has 4 nitrogen and oxygen atoms in total. The Kier molecular flexibility index (Phi) is 2.92. The van der Waals surface area contributed by atoms with Crippen LogP contribution in [0.5, 0.6) is 0 Å². The second-order valence-corrected chi connectivity index (χ2v) is 5.69. The fourth-order valence-corrected chi connectivity index (χ4v) is 2.96. The minimum Gasteiger partial charge on any atom is -0.379 e. The van der Waals surface area contributed by atoms with E-state index in [1.807, 2.05) is 0 Å². The van der Waals surface area contributed by atoms with Crippen molar-refractivity contribution in [3.8, 4) is 0 Å². The number of morpholine rings is 1. The van der Waals surface area contributed by atoms with E-state index in [2.05, 4.69) is 9.80 Å². The number of likely N-dealkylation sites (tertiary alicyclic amines) is 1. The molecule has 92 valence electrons. The van der Waals surface area contributed by atoms with Crippen LogP contribution in [0.4, 0.5) is 0 Å². The summed E-state index contributed by atoms with van der Waals surface area (Å²) in [7, 11) is 0. The molecule has 3 aliphatic rings. The van der Waals surface area contributed by atoms with Gasteiger partial charge in [0.25, 0.3) is 0 Å². The molecular weight excluding hydrogens is 202 g/mol. The molecular formula is C12H23N3O. The largest absolute Gasteiger partial charge is 0.379 e. The lowest BCUT2D eigenvalue weighted by atomic mass is 10.2. The zero-order chi connectivity index (χ0) is 11.0. The molecule has 0 radical (unpaired) electrons. The molecule has 2 heterocycles. The van der Waals surface area contributed by atoms with Crippen molar-refractivity contribution in [3.05, 3.63) is 0 Å². The maximum Gasteiger partial charge on any atom is 0.0594 e. The summed E-state index contributed by atoms with van der Waals surface area (Å²) in [6.07, 6.45) is 3.77. The van der Waals surface area contributed by atoms with Crippen LogP contribution in [0.25, 0.3) is 0 Å². The maximum absolute atomic E-state index is 6.18. The maximum atomic E-state index is 6.18. The molecule has 2 saturated heterocycles. The first-order valence-corrected chi connectivity index (χ1v) is 6.58. The van der Waals surface area contributed by atoms with Gasteiger partial charge >= 0.3 is 0 Å². The predicted octanol–water partition coefficient (Wildman–Crippen LogP) is -0.116. The van der Waals surface area contributed by atoms with E-state index in [-0.39, 0.29) is 5.54 Å². The van der Waals surface area contributed by atoms with Gasteiger partial charge in [0.05, 0.1) is 13.2 Å². The molecule has 0 bridgehead atoms. The number of nitrogens with zero attached hydrogens (tertiary/aromatic N) is 2. The van der Waals surface area contributed by atoms with Crippen LogP contribution in [-0.4, -0.2) is 67.3 Å². The molecule has 16 heavy (non-hydrogen) atoms. The molecule has 0 amide bonds. The Hall–Kier alpha value is -0.160. The van der Waals surface area contributed by atoms with Crippen LogP contribution in [0.2, 0.25) is 0 Å². The third-order valence-electron chi connectivity index (χ3n) is 4.24. The van der Waals surface area contributed by atoms with Crippen molar-refractivity contribution in [1.29, 1.82) is 0 Å². The van der Waals surface area contributed by atoms with Crippen molar-refractivity contribution in [2.45, 2.75) is 30.8 Å². The van der Waals surface area contributed by atoms with Gasteiger partial charge in [-0.25, -0.2) is 0 Å². The summed E-state index contributed by atoms with van der Waals surface area (Å²) in [6, 6.07) is 0.756. The van der Waals surface area contributed by atoms with E-state index in [9.17, 15) is 0 Å². The monoisotopic (exact) mass is 225 g/mol. The van der Waals surface area contributed by atoms with Gasteiger partial charge < -0.3 is 10.5 Å². The van der Waals surface area contributed by atoms with Gasteiger partial charge in [0.2, 0.25) is 0 Å². The van der Waals surface area contributed by atoms with Crippen LogP contribution in [0.3, 0.4) is 0 Å². The smallest absolute Gasteiger partial charge is 0.0594 e. The first-order chi connectivity index (χ1) is 7.75. The summed E-state index contributed by atoms with van der Waals surface area (Å²) in [5.41, 5.74) is 6.36. The summed E-state index contributed by atoms with van der Waals surface area (Å²) in [6.45, 7) is 7.64. The molecule has 2 aliphatic heterocycles. The van der Waals surface area contributed by atoms with Gasteiger partial charge in [-0.1, -0.05) is 0 Å². The van der Waals surface area contributed by atoms with Crippen LogP contribution >= 0.6 is 0 Å². The Balaban J connectivity index is 1.48. The van der Waals surface area contributed by atoms with Crippen molar-refractivity contribution < 1.29 is 4.74 Å². The average molecular weight is 225 g/mol. The van der Waals surface area contributed by atoms with Gasteiger partial charge in [0.15, 0.2) is 0 Å². The predicted molar refractivity (Wildman–Crippen MR) is 63.4 cm³/mol. The quantitative estimate of drug-likeness (QED) is 0.727. The highest BCUT2D eigenvalue weighted by Crippen LogP contribution is 2.34. The van der Waals surface area contributed by atoms with Crippen molar-refractivity contribution in [3.63, 3.8) is 0 Å². The SMILES string of the molecule is NC1(CN2CCC(N3CCOCC3)C2)CC1. The van der Waals surface area contributed by atoms with E-state index in [0.29, 0.717) is 0 Å². The number of hydrogen-bond acceptors (Lipinski definition) is 4. The van der Waals surface area contributed by atoms with Crippen molar-refractivity contribution in [1.82, 2.24) is 9.80 Å². The van der Waals surface area contributed by atoms with E-state index in [4.69, 9.17) is 10.5 Å². The summed E-state index contributed by atoms with van der Waals surface area (Å²) in [5, 5.41) is 0. The Labute approximate surface area is 97.7 Å². The van der Waals surface area contributed by atoms with Gasteiger partial charge in [-0.15, -0.1) is 0 Å². The Morgan fingerprint density at radius 2 is 1.94 bits per heavy atom. The minimum atomic E-state index is 0.180. The summed E-state index contributed by atoms with van der Waals surface area (Å²) in [4.78, 5) is 5.16. The minimum absolute atomic E-state index is 0.180. The van der Waals surface area contributed by atoms with Gasteiger partial charge in [0.1, 0.15) is 0 Å². The molecule has 3 rings (SSSR count). The first kappa shape index (κ1) is 11.0. The molecule has 1 unspecified atom stereocenters. The molecule has 4 heteroatoms. The standard InChI is InChI=1S/C12H23N3O/c13-12(2-3-12)10-14-4-1-11(9-14)15-5-7-16-8-6-15/h11H,1-10,13H2. The van der Waals surface area contributed by atoms with E-state index in [0.717, 1.165) is 38.9 Å². The molecule has 0 aromatic heterocycles. The molecule has 2 N–H and O–H groups in total. The average Bonchev–Trinajstić information content (AvgIpc) is 2.86. The second kappa shape index (κ2) is 4.26. The van der Waals surface area contributed by atoms with Crippen molar-refractivity contribution in [2.75, 3.05) is 45.9 Å². The number of hydrogen-bond donors (Lipinski definition) is 1. The van der Waals surface area contributed by atoms with Crippen LogP contribution in [-0.2, 0) is 4.74 Å². The lowest BCUT2D eigenvalue weighted by Crippen LogP contribution is -2.45. The van der Waals surface area contributed by atoms with Gasteiger partial charge in [-0.2, -0.15) is 0 Å². The fraction of sp³-hybridized carbons (Fsp3) is 1.00. The lowest BCUT2D eigenvalue weighted by molar-refractivity contribution is 0.0184. The molecule has 0 spiro atoms. The highest BCUT2D eigenvalue weighted by molar-refractivity contribution is 5.02. The summed E-state index contributed by atoms with van der Waals surface area (Å²) < 4.78 is 5.40. The molecule has 3 fully saturated rings. The van der Waals surface area contributed by atoms with Crippen molar-refractivity contribution >= 4 is 0 Å². The Morgan fingerprint density at radius 3 is 2.62 bits per heavy atom. The number of ether oxygens (including phenoxy) is 1. The highest BCUT2D eigenvalue weighted by Gasteiger charge is 2.41. The summed E-state index contributed by atoms with van der Waals surface area (Å²) in [5.74, 6) is 0. The highest BCUT2D eigenvalue weighted by atomic mass is 16.5. The Bertz CT molecular complexity index is 249. The van der Waals surface area contributed by atoms with E-state index >= 15 is 0 Å². The van der Waals surface area contributed by atoms with Crippen LogP contribution in [0.15, 0.2) is 0 Å². The van der Waals surface area contributed by atoms with E-state index in [1.165, 1.54) is 32.4 Å². The topological polar surface area (TPSA) is 41.7 Å². The third kappa shape index (κ3) is 2.40.